The Labute approximate surface area is 144 Å². The molecule has 2 heterocycles. The van der Waals surface area contributed by atoms with Crippen LogP contribution in [0, 0.1) is 20.8 Å². The number of aromatic nitrogens is 4. The zero-order chi connectivity index (χ0) is 17.1. The molecule has 24 heavy (non-hydrogen) atoms. The largest absolute Gasteiger partial charge is 0.485 e. The first kappa shape index (κ1) is 16.4. The van der Waals surface area contributed by atoms with Gasteiger partial charge in [0.1, 0.15) is 18.1 Å². The van der Waals surface area contributed by atoms with Crippen molar-refractivity contribution in [3.8, 4) is 5.75 Å². The van der Waals surface area contributed by atoms with E-state index < -0.39 is 0 Å². The van der Waals surface area contributed by atoms with Crippen LogP contribution in [0.25, 0.3) is 0 Å². The first-order valence-corrected chi connectivity index (χ1v) is 8.46. The molecule has 0 spiro atoms. The van der Waals surface area contributed by atoms with Crippen LogP contribution in [0.4, 0.5) is 0 Å². The number of rotatable bonds is 6. The number of nitrogens with zero attached hydrogens (tertiary/aromatic N) is 4. The van der Waals surface area contributed by atoms with Gasteiger partial charge in [0.25, 0.3) is 0 Å². The summed E-state index contributed by atoms with van der Waals surface area (Å²) in [5, 5.41) is 12.8. The van der Waals surface area contributed by atoms with E-state index in [0.717, 1.165) is 28.3 Å². The van der Waals surface area contributed by atoms with Gasteiger partial charge in [-0.15, -0.1) is 10.2 Å². The fourth-order valence-corrected chi connectivity index (χ4v) is 3.05. The van der Waals surface area contributed by atoms with Crippen molar-refractivity contribution < 1.29 is 9.26 Å². The molecule has 3 rings (SSSR count). The SMILES string of the molecule is Cc1cc(CSc2nnc(COc3c(C)cccc3C)n2N)no1. The van der Waals surface area contributed by atoms with Crippen LogP contribution in [-0.4, -0.2) is 20.0 Å². The predicted molar refractivity (Wildman–Crippen MR) is 91.2 cm³/mol. The summed E-state index contributed by atoms with van der Waals surface area (Å²) in [5.74, 6) is 8.88. The third kappa shape index (κ3) is 3.53. The van der Waals surface area contributed by atoms with Gasteiger partial charge in [-0.25, -0.2) is 4.68 Å². The van der Waals surface area contributed by atoms with E-state index in [-0.39, 0.29) is 6.61 Å². The molecular weight excluding hydrogens is 326 g/mol. The van der Waals surface area contributed by atoms with Gasteiger partial charge < -0.3 is 15.1 Å². The Hall–Kier alpha value is -2.48. The topological polar surface area (TPSA) is 92.0 Å². The Bertz CT molecular complexity index is 823. The van der Waals surface area contributed by atoms with Gasteiger partial charge in [-0.2, -0.15) is 0 Å². The van der Waals surface area contributed by atoms with Crippen molar-refractivity contribution in [2.45, 2.75) is 38.3 Å². The Balaban J connectivity index is 1.64. The van der Waals surface area contributed by atoms with E-state index in [0.29, 0.717) is 16.7 Å². The van der Waals surface area contributed by atoms with Crippen molar-refractivity contribution in [3.05, 3.63) is 52.7 Å². The second-order valence-corrected chi connectivity index (χ2v) is 6.44. The van der Waals surface area contributed by atoms with E-state index in [1.54, 1.807) is 0 Å². The summed E-state index contributed by atoms with van der Waals surface area (Å²) in [5.41, 5.74) is 3.00. The third-order valence-corrected chi connectivity index (χ3v) is 4.49. The molecule has 0 aliphatic rings. The molecule has 2 aromatic heterocycles. The molecule has 0 saturated carbocycles. The average molecular weight is 345 g/mol. The number of para-hydroxylation sites is 1. The monoisotopic (exact) mass is 345 g/mol. The van der Waals surface area contributed by atoms with E-state index in [1.807, 2.05) is 45.0 Å². The lowest BCUT2D eigenvalue weighted by molar-refractivity contribution is 0.288. The van der Waals surface area contributed by atoms with E-state index >= 15 is 0 Å². The van der Waals surface area contributed by atoms with Crippen molar-refractivity contribution in [1.82, 2.24) is 20.0 Å². The standard InChI is InChI=1S/C16H19N5O2S/c1-10-5-4-6-11(2)15(10)22-8-14-18-19-16(21(14)17)24-9-13-7-12(3)23-20-13/h4-7H,8-9,17H2,1-3H3. The summed E-state index contributed by atoms with van der Waals surface area (Å²) in [6.07, 6.45) is 0. The molecule has 3 aromatic rings. The minimum Gasteiger partial charge on any atom is -0.485 e. The summed E-state index contributed by atoms with van der Waals surface area (Å²) in [6, 6.07) is 7.91. The molecule has 0 saturated heterocycles. The second kappa shape index (κ2) is 6.96. The molecule has 1 aromatic carbocycles. The fourth-order valence-electron chi connectivity index (χ4n) is 2.29. The van der Waals surface area contributed by atoms with Crippen molar-refractivity contribution in [3.63, 3.8) is 0 Å². The van der Waals surface area contributed by atoms with Crippen molar-refractivity contribution in [1.29, 1.82) is 0 Å². The van der Waals surface area contributed by atoms with E-state index in [1.165, 1.54) is 16.4 Å². The lowest BCUT2D eigenvalue weighted by Gasteiger charge is -2.11. The van der Waals surface area contributed by atoms with Crippen LogP contribution >= 0.6 is 11.8 Å². The summed E-state index contributed by atoms with van der Waals surface area (Å²) < 4.78 is 12.4. The molecule has 0 unspecified atom stereocenters. The smallest absolute Gasteiger partial charge is 0.210 e. The van der Waals surface area contributed by atoms with Gasteiger partial charge in [0.2, 0.25) is 5.16 Å². The van der Waals surface area contributed by atoms with Gasteiger partial charge >= 0.3 is 0 Å². The van der Waals surface area contributed by atoms with E-state index in [2.05, 4.69) is 15.4 Å². The molecule has 0 amide bonds. The highest BCUT2D eigenvalue weighted by Crippen LogP contribution is 2.24. The highest BCUT2D eigenvalue weighted by Gasteiger charge is 2.13. The summed E-state index contributed by atoms with van der Waals surface area (Å²) in [7, 11) is 0. The van der Waals surface area contributed by atoms with Crippen molar-refractivity contribution in [2.24, 2.45) is 0 Å². The number of nitrogen functional groups attached to an aromatic ring is 1. The number of ether oxygens (including phenoxy) is 1. The predicted octanol–water partition coefficient (Wildman–Crippen LogP) is 2.78. The molecule has 0 bridgehead atoms. The fraction of sp³-hybridized carbons (Fsp3) is 0.312. The lowest BCUT2D eigenvalue weighted by Crippen LogP contribution is -2.16. The molecule has 0 aliphatic heterocycles. The van der Waals surface area contributed by atoms with Crippen LogP contribution < -0.4 is 10.6 Å². The first-order chi connectivity index (χ1) is 11.5. The Morgan fingerprint density at radius 2 is 1.96 bits per heavy atom. The number of hydrogen-bond acceptors (Lipinski definition) is 7. The van der Waals surface area contributed by atoms with E-state index in [9.17, 15) is 0 Å². The molecule has 2 N–H and O–H groups in total. The molecule has 8 heteroatoms. The molecule has 0 fully saturated rings. The molecule has 0 aliphatic carbocycles. The highest BCUT2D eigenvalue weighted by molar-refractivity contribution is 7.98. The lowest BCUT2D eigenvalue weighted by atomic mass is 10.1. The van der Waals surface area contributed by atoms with Crippen LogP contribution in [0.2, 0.25) is 0 Å². The van der Waals surface area contributed by atoms with E-state index in [4.69, 9.17) is 15.1 Å². The molecule has 7 nitrogen and oxygen atoms in total. The zero-order valence-electron chi connectivity index (χ0n) is 13.8. The maximum absolute atomic E-state index is 6.06. The van der Waals surface area contributed by atoms with Crippen LogP contribution in [0.15, 0.2) is 33.9 Å². The highest BCUT2D eigenvalue weighted by atomic mass is 32.2. The average Bonchev–Trinajstić information content (AvgIpc) is 3.11. The summed E-state index contributed by atoms with van der Waals surface area (Å²) >= 11 is 1.45. The van der Waals surface area contributed by atoms with Crippen LogP contribution in [0.1, 0.15) is 28.4 Å². The first-order valence-electron chi connectivity index (χ1n) is 7.48. The Morgan fingerprint density at radius 1 is 1.21 bits per heavy atom. The van der Waals surface area contributed by atoms with Crippen molar-refractivity contribution in [2.75, 3.05) is 5.84 Å². The Morgan fingerprint density at radius 3 is 2.62 bits per heavy atom. The normalized spacial score (nSPS) is 11.0. The molecule has 0 atom stereocenters. The summed E-state index contributed by atoms with van der Waals surface area (Å²) in [4.78, 5) is 0. The minimum atomic E-state index is 0.263. The number of thioether (sulfide) groups is 1. The number of benzene rings is 1. The third-order valence-electron chi connectivity index (χ3n) is 3.52. The van der Waals surface area contributed by atoms with Gasteiger partial charge in [0.05, 0.1) is 5.69 Å². The summed E-state index contributed by atoms with van der Waals surface area (Å²) in [6.45, 7) is 6.14. The molecule has 0 radical (unpaired) electrons. The quantitative estimate of drug-likeness (QED) is 0.542. The van der Waals surface area contributed by atoms with Gasteiger partial charge in [0, 0.05) is 11.8 Å². The number of aryl methyl sites for hydroxylation is 3. The number of hydrogen-bond donors (Lipinski definition) is 1. The van der Waals surface area contributed by atoms with Crippen LogP contribution in [0.3, 0.4) is 0 Å². The van der Waals surface area contributed by atoms with Crippen molar-refractivity contribution >= 4 is 11.8 Å². The van der Waals surface area contributed by atoms with Gasteiger partial charge in [-0.1, -0.05) is 35.1 Å². The van der Waals surface area contributed by atoms with Gasteiger partial charge in [-0.3, -0.25) is 0 Å². The van der Waals surface area contributed by atoms with Crippen LogP contribution in [0.5, 0.6) is 5.75 Å². The molecule has 126 valence electrons. The Kier molecular flexibility index (Phi) is 4.75. The zero-order valence-corrected chi connectivity index (χ0v) is 14.6. The maximum atomic E-state index is 6.06. The van der Waals surface area contributed by atoms with Gasteiger partial charge in [0.15, 0.2) is 5.82 Å². The molecular formula is C16H19N5O2S. The minimum absolute atomic E-state index is 0.263. The number of nitrogens with two attached hydrogens (primary N) is 1. The second-order valence-electron chi connectivity index (χ2n) is 5.50. The maximum Gasteiger partial charge on any atom is 0.210 e. The van der Waals surface area contributed by atoms with Gasteiger partial charge in [-0.05, 0) is 31.9 Å². The van der Waals surface area contributed by atoms with Crippen LogP contribution in [-0.2, 0) is 12.4 Å².